The van der Waals surface area contributed by atoms with Gasteiger partial charge < -0.3 is 4.79 Å². The van der Waals surface area contributed by atoms with E-state index in [0.29, 0.717) is 16.8 Å². The first-order chi connectivity index (χ1) is 20.4. The Balaban J connectivity index is 0.000000996. The van der Waals surface area contributed by atoms with Gasteiger partial charge in [0.05, 0.1) is 10.6 Å². The molecule has 1 N–H and O–H groups in total. The lowest BCUT2D eigenvalue weighted by Gasteiger charge is -2.24. The largest absolute Gasteiger partial charge is 0.300 e. The number of halogens is 3. The van der Waals surface area contributed by atoms with Crippen molar-refractivity contribution in [2.45, 2.75) is 43.9 Å². The third-order valence-corrected chi connectivity index (χ3v) is 9.87. The first-order valence-electron chi connectivity index (χ1n) is 13.5. The van der Waals surface area contributed by atoms with Gasteiger partial charge in [0.1, 0.15) is 5.78 Å². The summed E-state index contributed by atoms with van der Waals surface area (Å²) in [5.74, 6) is -0.428. The second-order valence-corrected chi connectivity index (χ2v) is 14.9. The van der Waals surface area contributed by atoms with E-state index in [1.54, 1.807) is 24.3 Å². The van der Waals surface area contributed by atoms with Crippen LogP contribution in [0.1, 0.15) is 54.4 Å². The highest BCUT2D eigenvalue weighted by molar-refractivity contribution is 9.11. The van der Waals surface area contributed by atoms with Crippen molar-refractivity contribution < 1.29 is 18.0 Å². The molecule has 43 heavy (non-hydrogen) atoms. The minimum absolute atomic E-state index is 0.0830. The fourth-order valence-electron chi connectivity index (χ4n) is 4.98. The number of rotatable bonds is 6. The van der Waals surface area contributed by atoms with Crippen molar-refractivity contribution in [3.8, 4) is 0 Å². The zero-order chi connectivity index (χ0) is 31.3. The number of carbonyl (C=O) groups excluding carboxylic acids is 2. The molecule has 5 nitrogen and oxygen atoms in total. The average molecular weight is 788 g/mol. The lowest BCUT2D eigenvalue weighted by Crippen LogP contribution is -2.25. The minimum atomic E-state index is -3.98. The predicted molar refractivity (Wildman–Crippen MR) is 182 cm³/mol. The van der Waals surface area contributed by atoms with Crippen molar-refractivity contribution in [1.82, 2.24) is 4.72 Å². The number of sulfonamides is 1. The predicted octanol–water partition coefficient (Wildman–Crippen LogP) is 9.11. The molecule has 0 heterocycles. The molecular weight excluding hydrogens is 758 g/mol. The first-order valence-corrected chi connectivity index (χ1v) is 17.3. The minimum Gasteiger partial charge on any atom is -0.300 e. The molecule has 0 amide bonds. The molecule has 0 unspecified atom stereocenters. The van der Waals surface area contributed by atoms with E-state index in [-0.39, 0.29) is 34.7 Å². The van der Waals surface area contributed by atoms with Gasteiger partial charge in [0.15, 0.2) is 5.78 Å². The maximum Gasteiger partial charge on any atom is 0.261 e. The van der Waals surface area contributed by atoms with Gasteiger partial charge in [-0.3, -0.25) is 9.52 Å². The number of nitrogens with one attached hydrogen (secondary N) is 1. The summed E-state index contributed by atoms with van der Waals surface area (Å²) in [7, 11) is -3.98. The van der Waals surface area contributed by atoms with Gasteiger partial charge in [0, 0.05) is 37.2 Å². The van der Waals surface area contributed by atoms with Crippen molar-refractivity contribution in [2.75, 3.05) is 0 Å². The summed E-state index contributed by atoms with van der Waals surface area (Å²) in [6.07, 6.45) is 0.268. The Morgan fingerprint density at radius 2 is 1.16 bits per heavy atom. The number of allylic oxidation sites excluding steroid dienone is 1. The summed E-state index contributed by atoms with van der Waals surface area (Å²) in [4.78, 5) is 23.5. The quantitative estimate of drug-likeness (QED) is 0.198. The molecule has 0 bridgehead atoms. The summed E-state index contributed by atoms with van der Waals surface area (Å²) in [5.41, 5.74) is 4.31. The topological polar surface area (TPSA) is 80.3 Å². The number of aryl methyl sites for hydroxylation is 1. The van der Waals surface area contributed by atoms with Crippen LogP contribution >= 0.6 is 47.8 Å². The Bertz CT molecular complexity index is 1740. The highest BCUT2D eigenvalue weighted by Gasteiger charge is 2.42. The van der Waals surface area contributed by atoms with Crippen LogP contribution < -0.4 is 4.72 Å². The number of hydrogen-bond acceptors (Lipinski definition) is 4. The molecule has 222 valence electrons. The van der Waals surface area contributed by atoms with Gasteiger partial charge in [-0.05, 0) is 86.0 Å². The van der Waals surface area contributed by atoms with Gasteiger partial charge in [0.2, 0.25) is 0 Å². The van der Waals surface area contributed by atoms with Crippen molar-refractivity contribution in [3.63, 3.8) is 0 Å². The Hall–Kier alpha value is -2.85. The second kappa shape index (κ2) is 14.3. The van der Waals surface area contributed by atoms with Crippen molar-refractivity contribution >= 4 is 75.1 Å². The maximum atomic E-state index is 13.9. The molecule has 0 aliphatic heterocycles. The molecule has 9 heteroatoms. The SMILES string of the molecule is CC(C)=O.Cc1ccc(S(=O)(=O)N/C(=C2\C(=O)C[C@@H](c3ccc(Br)cc3)[C@@H]2c2ccc(Br)cc2)c2ccc(Br)cc2)cc1. The molecule has 1 aliphatic rings. The van der Waals surface area contributed by atoms with Crippen LogP contribution in [0.4, 0.5) is 0 Å². The van der Waals surface area contributed by atoms with E-state index in [9.17, 15) is 18.0 Å². The fourth-order valence-corrected chi connectivity index (χ4v) is 6.88. The van der Waals surface area contributed by atoms with Crippen LogP contribution in [0, 0.1) is 6.92 Å². The summed E-state index contributed by atoms with van der Waals surface area (Å²) in [6, 6.07) is 29.9. The van der Waals surface area contributed by atoms with Gasteiger partial charge in [-0.25, -0.2) is 8.42 Å². The molecule has 4 aromatic rings. The third kappa shape index (κ3) is 8.41. The molecule has 1 fully saturated rings. The first kappa shape index (κ1) is 33.1. The molecule has 0 saturated heterocycles. The number of ketones is 2. The Morgan fingerprint density at radius 1 is 0.721 bits per heavy atom. The Kier molecular flexibility index (Phi) is 11.0. The molecule has 2 atom stereocenters. The molecule has 0 radical (unpaired) electrons. The summed E-state index contributed by atoms with van der Waals surface area (Å²) < 4.78 is 32.9. The molecule has 1 aliphatic carbocycles. The van der Waals surface area contributed by atoms with E-state index in [1.165, 1.54) is 13.8 Å². The highest BCUT2D eigenvalue weighted by atomic mass is 79.9. The van der Waals surface area contributed by atoms with Crippen molar-refractivity contribution in [3.05, 3.63) is 138 Å². The standard InChI is InChI=1S/C31H24Br3NO3S.C3H6O/c1-19-2-16-26(17-3-19)39(37,38)35-31(22-8-14-25(34)15-9-22)30-28(36)18-27(20-4-10-23(32)11-5-20)29(30)21-6-12-24(33)13-7-21;1-3(2)4/h2-17,27,29,35H,18H2,1H3;1-2H3/b31-30+;/t27-,29-;/m0./s1. The Labute approximate surface area is 278 Å². The van der Waals surface area contributed by atoms with Crippen LogP contribution in [0.5, 0.6) is 0 Å². The number of hydrogen-bond donors (Lipinski definition) is 1. The van der Waals surface area contributed by atoms with E-state index < -0.39 is 10.0 Å². The summed E-state index contributed by atoms with van der Waals surface area (Å²) in [5, 5.41) is 0. The van der Waals surface area contributed by atoms with Crippen LogP contribution in [-0.2, 0) is 19.6 Å². The van der Waals surface area contributed by atoms with Gasteiger partial charge in [0.25, 0.3) is 10.0 Å². The number of benzene rings is 4. The number of Topliss-reactive ketones (excluding diaryl/α,β-unsaturated/α-hetero) is 2. The Morgan fingerprint density at radius 3 is 1.65 bits per heavy atom. The van der Waals surface area contributed by atoms with Crippen molar-refractivity contribution in [1.29, 1.82) is 0 Å². The van der Waals surface area contributed by atoms with Crippen LogP contribution in [-0.4, -0.2) is 20.0 Å². The smallest absolute Gasteiger partial charge is 0.261 e. The van der Waals surface area contributed by atoms with E-state index in [2.05, 4.69) is 52.5 Å². The van der Waals surface area contributed by atoms with E-state index >= 15 is 0 Å². The van der Waals surface area contributed by atoms with Crippen molar-refractivity contribution in [2.24, 2.45) is 0 Å². The summed E-state index contributed by atoms with van der Waals surface area (Å²) >= 11 is 10.5. The third-order valence-electron chi connectivity index (χ3n) is 6.92. The molecule has 0 aromatic heterocycles. The van der Waals surface area contributed by atoms with E-state index in [4.69, 9.17) is 0 Å². The van der Waals surface area contributed by atoms with Crippen LogP contribution in [0.15, 0.2) is 121 Å². The zero-order valence-electron chi connectivity index (χ0n) is 23.8. The highest BCUT2D eigenvalue weighted by Crippen LogP contribution is 2.50. The molecule has 4 aromatic carbocycles. The van der Waals surface area contributed by atoms with Gasteiger partial charge in [-0.15, -0.1) is 0 Å². The van der Waals surface area contributed by atoms with Crippen LogP contribution in [0.2, 0.25) is 0 Å². The monoisotopic (exact) mass is 785 g/mol. The van der Waals surface area contributed by atoms with E-state index in [1.807, 2.05) is 79.7 Å². The molecule has 5 rings (SSSR count). The lowest BCUT2D eigenvalue weighted by atomic mass is 9.81. The normalized spacial score (nSPS) is 17.6. The molecule has 1 saturated carbocycles. The van der Waals surface area contributed by atoms with E-state index in [0.717, 1.165) is 30.1 Å². The van der Waals surface area contributed by atoms with Gasteiger partial charge in [-0.1, -0.05) is 102 Å². The molecular formula is C34H30Br3NO4S. The second-order valence-electron chi connectivity index (χ2n) is 10.4. The molecule has 0 spiro atoms. The average Bonchev–Trinajstić information content (AvgIpc) is 3.29. The van der Waals surface area contributed by atoms with Gasteiger partial charge >= 0.3 is 0 Å². The van der Waals surface area contributed by atoms with Gasteiger partial charge in [-0.2, -0.15) is 0 Å². The summed E-state index contributed by atoms with van der Waals surface area (Å²) in [6.45, 7) is 4.96. The van der Waals surface area contributed by atoms with Crippen LogP contribution in [0.3, 0.4) is 0 Å². The number of carbonyl (C=O) groups is 2. The van der Waals surface area contributed by atoms with Crippen LogP contribution in [0.25, 0.3) is 5.70 Å². The fraction of sp³-hybridized carbons (Fsp3) is 0.176. The maximum absolute atomic E-state index is 13.9. The zero-order valence-corrected chi connectivity index (χ0v) is 29.3. The lowest BCUT2D eigenvalue weighted by molar-refractivity contribution is -0.115.